The van der Waals surface area contributed by atoms with Gasteiger partial charge >= 0.3 is 6.11 Å². The van der Waals surface area contributed by atoms with Gasteiger partial charge in [0.1, 0.15) is 0 Å². The minimum Gasteiger partial charge on any atom is -0.423 e. The third-order valence-corrected chi connectivity index (χ3v) is 5.59. The van der Waals surface area contributed by atoms with E-state index in [4.69, 9.17) is 0 Å². The van der Waals surface area contributed by atoms with Crippen molar-refractivity contribution in [3.63, 3.8) is 0 Å². The predicted octanol–water partition coefficient (Wildman–Crippen LogP) is 7.58. The normalized spacial score (nSPS) is 19.7. The monoisotopic (exact) mass is 434 g/mol. The molecule has 1 nitrogen and oxygen atoms in total. The quantitative estimate of drug-likeness (QED) is 0.336. The number of rotatable bonds is 6. The lowest BCUT2D eigenvalue weighted by molar-refractivity contribution is -0.188. The van der Waals surface area contributed by atoms with Gasteiger partial charge in [0.05, 0.1) is 5.56 Å². The van der Waals surface area contributed by atoms with Crippen LogP contribution < -0.4 is 4.74 Å². The van der Waals surface area contributed by atoms with Crippen molar-refractivity contribution in [2.75, 3.05) is 0 Å². The van der Waals surface area contributed by atoms with Crippen LogP contribution >= 0.6 is 0 Å². The largest absolute Gasteiger partial charge is 0.427 e. The van der Waals surface area contributed by atoms with Crippen LogP contribution in [0.1, 0.15) is 62.5 Å². The van der Waals surface area contributed by atoms with Gasteiger partial charge in [0.25, 0.3) is 0 Å². The molecule has 8 heteroatoms. The van der Waals surface area contributed by atoms with Gasteiger partial charge in [-0.05, 0) is 67.3 Å². The third-order valence-electron chi connectivity index (χ3n) is 5.59. The van der Waals surface area contributed by atoms with Gasteiger partial charge < -0.3 is 4.74 Å². The second kappa shape index (κ2) is 8.86. The van der Waals surface area contributed by atoms with Crippen LogP contribution in [0.3, 0.4) is 0 Å². The first-order valence-electron chi connectivity index (χ1n) is 9.83. The molecule has 2 aromatic rings. The summed E-state index contributed by atoms with van der Waals surface area (Å²) in [5.41, 5.74) is -1.05. The van der Waals surface area contributed by atoms with Gasteiger partial charge in [0.2, 0.25) is 0 Å². The molecule has 164 valence electrons. The van der Waals surface area contributed by atoms with Crippen molar-refractivity contribution >= 4 is 0 Å². The Kier molecular flexibility index (Phi) is 6.62. The van der Waals surface area contributed by atoms with E-state index in [1.54, 1.807) is 0 Å². The molecule has 1 saturated carbocycles. The summed E-state index contributed by atoms with van der Waals surface area (Å²) in [7, 11) is 0. The Balaban J connectivity index is 1.80. The lowest BCUT2D eigenvalue weighted by atomic mass is 9.77. The van der Waals surface area contributed by atoms with E-state index < -0.39 is 46.5 Å². The maximum absolute atomic E-state index is 14.4. The fourth-order valence-corrected chi connectivity index (χ4v) is 4.02. The molecule has 1 aliphatic carbocycles. The highest BCUT2D eigenvalue weighted by molar-refractivity contribution is 5.34. The summed E-state index contributed by atoms with van der Waals surface area (Å²) in [4.78, 5) is 0. The molecule has 1 aliphatic rings. The van der Waals surface area contributed by atoms with E-state index in [0.29, 0.717) is 11.5 Å². The number of ether oxygens (including phenoxy) is 1. The Morgan fingerprint density at radius 3 is 1.87 bits per heavy atom. The number of hydrogen-bond donors (Lipinski definition) is 0. The van der Waals surface area contributed by atoms with E-state index in [2.05, 4.69) is 11.7 Å². The minimum atomic E-state index is -4.49. The van der Waals surface area contributed by atoms with E-state index in [-0.39, 0.29) is 18.1 Å². The first kappa shape index (κ1) is 22.4. The molecule has 0 aromatic heterocycles. The van der Waals surface area contributed by atoms with Crippen molar-refractivity contribution < 1.29 is 35.5 Å². The lowest BCUT2D eigenvalue weighted by Crippen LogP contribution is -2.24. The molecule has 30 heavy (non-hydrogen) atoms. The van der Waals surface area contributed by atoms with Crippen molar-refractivity contribution in [1.82, 2.24) is 0 Å². The van der Waals surface area contributed by atoms with Gasteiger partial charge in [-0.25, -0.2) is 22.0 Å². The molecular weight excluding hydrogens is 413 g/mol. The zero-order valence-electron chi connectivity index (χ0n) is 16.3. The molecule has 2 aromatic carbocycles. The number of hydrogen-bond acceptors (Lipinski definition) is 1. The summed E-state index contributed by atoms with van der Waals surface area (Å²) >= 11 is 0. The summed E-state index contributed by atoms with van der Waals surface area (Å²) in [6.07, 6.45) is 1.03. The van der Waals surface area contributed by atoms with Crippen molar-refractivity contribution in [1.29, 1.82) is 0 Å². The first-order chi connectivity index (χ1) is 14.1. The standard InChI is InChI=1S/C22H21F7O/c1-2-3-12-4-6-13(7-5-12)14-8-18(25)21(19(26)9-14)30-22(28,29)15-10-16(23)20(27)17(24)11-15/h8-13H,2-7H2,1H3. The zero-order chi connectivity index (χ0) is 22.1. The summed E-state index contributed by atoms with van der Waals surface area (Å²) in [5.74, 6) is -9.24. The molecule has 0 saturated heterocycles. The Morgan fingerprint density at radius 1 is 0.833 bits per heavy atom. The average Bonchev–Trinajstić information content (AvgIpc) is 2.69. The van der Waals surface area contributed by atoms with E-state index >= 15 is 0 Å². The SMILES string of the molecule is CCCC1CCC(c2cc(F)c(OC(F)(F)c3cc(F)c(F)c(F)c3)c(F)c2)CC1. The summed E-state index contributed by atoms with van der Waals surface area (Å²) in [5, 5.41) is 0. The van der Waals surface area contributed by atoms with Crippen LogP contribution in [-0.4, -0.2) is 0 Å². The van der Waals surface area contributed by atoms with Crippen LogP contribution in [0.2, 0.25) is 0 Å². The Labute approximate surface area is 169 Å². The molecule has 0 radical (unpaired) electrons. The van der Waals surface area contributed by atoms with Crippen molar-refractivity contribution in [2.24, 2.45) is 5.92 Å². The molecule has 0 spiro atoms. The summed E-state index contributed by atoms with van der Waals surface area (Å²) < 4.78 is 101. The highest BCUT2D eigenvalue weighted by atomic mass is 19.3. The molecule has 0 N–H and O–H groups in total. The van der Waals surface area contributed by atoms with Crippen LogP contribution in [0.4, 0.5) is 30.7 Å². The topological polar surface area (TPSA) is 9.23 Å². The second-order valence-corrected chi connectivity index (χ2v) is 7.69. The van der Waals surface area contributed by atoms with E-state index in [1.165, 1.54) is 0 Å². The molecule has 1 fully saturated rings. The molecule has 0 heterocycles. The van der Waals surface area contributed by atoms with Crippen LogP contribution in [-0.2, 0) is 6.11 Å². The van der Waals surface area contributed by atoms with Crippen LogP contribution in [0, 0.1) is 35.0 Å². The van der Waals surface area contributed by atoms with Gasteiger partial charge in [-0.2, -0.15) is 8.78 Å². The van der Waals surface area contributed by atoms with E-state index in [1.807, 2.05) is 0 Å². The fraction of sp³-hybridized carbons (Fsp3) is 0.455. The van der Waals surface area contributed by atoms with Crippen LogP contribution in [0.25, 0.3) is 0 Å². The maximum atomic E-state index is 14.4. The van der Waals surface area contributed by atoms with Crippen molar-refractivity contribution in [3.05, 3.63) is 64.5 Å². The highest BCUT2D eigenvalue weighted by Crippen LogP contribution is 2.41. The van der Waals surface area contributed by atoms with Crippen molar-refractivity contribution in [2.45, 2.75) is 57.5 Å². The lowest BCUT2D eigenvalue weighted by Gasteiger charge is -2.29. The number of benzene rings is 2. The van der Waals surface area contributed by atoms with Gasteiger partial charge in [-0.3, -0.25) is 0 Å². The van der Waals surface area contributed by atoms with Gasteiger partial charge in [0.15, 0.2) is 34.8 Å². The molecule has 0 aliphatic heterocycles. The zero-order valence-corrected chi connectivity index (χ0v) is 16.3. The average molecular weight is 434 g/mol. The van der Waals surface area contributed by atoms with E-state index in [0.717, 1.165) is 50.7 Å². The summed E-state index contributed by atoms with van der Waals surface area (Å²) in [6.45, 7) is 2.10. The fourth-order valence-electron chi connectivity index (χ4n) is 4.02. The van der Waals surface area contributed by atoms with Crippen LogP contribution in [0.5, 0.6) is 5.75 Å². The van der Waals surface area contributed by atoms with Crippen LogP contribution in [0.15, 0.2) is 24.3 Å². The maximum Gasteiger partial charge on any atom is 0.427 e. The number of alkyl halides is 2. The molecule has 0 amide bonds. The summed E-state index contributed by atoms with van der Waals surface area (Å²) in [6, 6.07) is 1.92. The Bertz CT molecular complexity index is 858. The minimum absolute atomic E-state index is 0.0113. The Hall–Kier alpha value is -2.25. The molecule has 0 atom stereocenters. The van der Waals surface area contributed by atoms with Crippen molar-refractivity contribution in [3.8, 4) is 5.75 Å². The first-order valence-corrected chi connectivity index (χ1v) is 9.83. The van der Waals surface area contributed by atoms with Gasteiger partial charge in [-0.15, -0.1) is 0 Å². The third kappa shape index (κ3) is 4.73. The number of halogens is 7. The van der Waals surface area contributed by atoms with Gasteiger partial charge in [-0.1, -0.05) is 19.8 Å². The highest BCUT2D eigenvalue weighted by Gasteiger charge is 2.38. The molecule has 0 bridgehead atoms. The van der Waals surface area contributed by atoms with E-state index in [9.17, 15) is 30.7 Å². The smallest absolute Gasteiger partial charge is 0.423 e. The molecule has 3 rings (SSSR count). The Morgan fingerprint density at radius 2 is 1.37 bits per heavy atom. The van der Waals surface area contributed by atoms with Gasteiger partial charge in [0, 0.05) is 0 Å². The predicted molar refractivity (Wildman–Crippen MR) is 96.8 cm³/mol. The molecule has 0 unspecified atom stereocenters. The molecular formula is C22H21F7O. The second-order valence-electron chi connectivity index (χ2n) is 7.69.